The Balaban J connectivity index is 2.07. The van der Waals surface area contributed by atoms with Crippen LogP contribution in [0.4, 0.5) is 0 Å². The number of oxime groups is 1. The first-order chi connectivity index (χ1) is 9.58. The molecule has 0 saturated heterocycles. The van der Waals surface area contributed by atoms with Crippen LogP contribution in [0.1, 0.15) is 37.0 Å². The van der Waals surface area contributed by atoms with E-state index in [9.17, 15) is 4.79 Å². The molecule has 0 aromatic heterocycles. The third kappa shape index (κ3) is 3.44. The number of nitrogens with zero attached hydrogens (tertiary/aromatic N) is 1. The van der Waals surface area contributed by atoms with Gasteiger partial charge in [0.1, 0.15) is 0 Å². The lowest BCUT2D eigenvalue weighted by Crippen LogP contribution is -2.16. The van der Waals surface area contributed by atoms with E-state index in [0.717, 1.165) is 29.7 Å². The van der Waals surface area contributed by atoms with Crippen molar-refractivity contribution in [1.82, 2.24) is 0 Å². The molecule has 0 saturated carbocycles. The van der Waals surface area contributed by atoms with Crippen LogP contribution in [0, 0.1) is 5.92 Å². The Morgan fingerprint density at radius 2 is 2.05 bits per heavy atom. The standard InChI is InChI=1S/C17H19NO2/c1-12(2)15-10-9-13(3)16(11-15)18-20-17(19)14-7-5-4-6-8-14/h4-9,15H,1,10-11H2,2-3H3/b18-16+. The molecule has 1 aliphatic carbocycles. The van der Waals surface area contributed by atoms with Crippen molar-refractivity contribution in [3.8, 4) is 0 Å². The van der Waals surface area contributed by atoms with Gasteiger partial charge in [-0.25, -0.2) is 4.79 Å². The summed E-state index contributed by atoms with van der Waals surface area (Å²) in [6.07, 6.45) is 3.88. The van der Waals surface area contributed by atoms with Crippen molar-refractivity contribution < 1.29 is 9.63 Å². The number of carbonyl (C=O) groups excluding carboxylic acids is 1. The van der Waals surface area contributed by atoms with E-state index in [1.54, 1.807) is 24.3 Å². The van der Waals surface area contributed by atoms with Gasteiger partial charge in [0.25, 0.3) is 0 Å². The van der Waals surface area contributed by atoms with Crippen LogP contribution in [-0.4, -0.2) is 11.7 Å². The van der Waals surface area contributed by atoms with Gasteiger partial charge in [0.05, 0.1) is 11.3 Å². The van der Waals surface area contributed by atoms with Crippen molar-refractivity contribution in [2.75, 3.05) is 0 Å². The van der Waals surface area contributed by atoms with Gasteiger partial charge in [-0.2, -0.15) is 0 Å². The molecule has 1 aliphatic rings. The normalized spacial score (nSPS) is 20.4. The summed E-state index contributed by atoms with van der Waals surface area (Å²) in [5.41, 5.74) is 3.54. The van der Waals surface area contributed by atoms with E-state index >= 15 is 0 Å². The first kappa shape index (κ1) is 14.3. The topological polar surface area (TPSA) is 38.7 Å². The smallest absolute Gasteiger partial charge is 0.313 e. The van der Waals surface area contributed by atoms with Crippen molar-refractivity contribution >= 4 is 11.7 Å². The zero-order valence-electron chi connectivity index (χ0n) is 11.9. The number of allylic oxidation sites excluding steroid dienone is 3. The third-order valence-corrected chi connectivity index (χ3v) is 3.55. The minimum atomic E-state index is -0.427. The zero-order chi connectivity index (χ0) is 14.5. The molecule has 0 heterocycles. The highest BCUT2D eigenvalue weighted by atomic mass is 16.7. The van der Waals surface area contributed by atoms with Crippen molar-refractivity contribution in [1.29, 1.82) is 0 Å². The lowest BCUT2D eigenvalue weighted by Gasteiger charge is -2.21. The minimum absolute atomic E-state index is 0.382. The molecule has 3 heteroatoms. The van der Waals surface area contributed by atoms with Crippen LogP contribution in [0.5, 0.6) is 0 Å². The van der Waals surface area contributed by atoms with E-state index in [4.69, 9.17) is 4.84 Å². The second-order valence-corrected chi connectivity index (χ2v) is 5.15. The lowest BCUT2D eigenvalue weighted by atomic mass is 9.85. The van der Waals surface area contributed by atoms with Crippen molar-refractivity contribution in [2.24, 2.45) is 11.1 Å². The number of hydrogen-bond acceptors (Lipinski definition) is 3. The fraction of sp³-hybridized carbons (Fsp3) is 0.294. The summed E-state index contributed by atoms with van der Waals surface area (Å²) >= 11 is 0. The highest BCUT2D eigenvalue weighted by Crippen LogP contribution is 2.26. The Kier molecular flexibility index (Phi) is 4.51. The Bertz CT molecular complexity index is 570. The average Bonchev–Trinajstić information content (AvgIpc) is 2.46. The van der Waals surface area contributed by atoms with Crippen molar-refractivity contribution in [3.63, 3.8) is 0 Å². The van der Waals surface area contributed by atoms with Gasteiger partial charge in [-0.05, 0) is 43.9 Å². The minimum Gasteiger partial charge on any atom is -0.313 e. The maximum Gasteiger partial charge on any atom is 0.365 e. The monoisotopic (exact) mass is 269 g/mol. The molecule has 20 heavy (non-hydrogen) atoms. The molecule has 3 nitrogen and oxygen atoms in total. The maximum atomic E-state index is 11.8. The maximum absolute atomic E-state index is 11.8. The molecule has 0 bridgehead atoms. The van der Waals surface area contributed by atoms with E-state index in [0.29, 0.717) is 11.5 Å². The highest BCUT2D eigenvalue weighted by molar-refractivity contribution is 6.01. The van der Waals surface area contributed by atoms with Gasteiger partial charge >= 0.3 is 5.97 Å². The molecule has 0 spiro atoms. The molecule has 0 aliphatic heterocycles. The van der Waals surface area contributed by atoms with Crippen LogP contribution in [0.25, 0.3) is 0 Å². The average molecular weight is 269 g/mol. The molecular formula is C17H19NO2. The van der Waals surface area contributed by atoms with Crippen LogP contribution in [0.3, 0.4) is 0 Å². The lowest BCUT2D eigenvalue weighted by molar-refractivity contribution is 0.0515. The number of benzene rings is 1. The molecule has 1 atom stereocenters. The molecule has 104 valence electrons. The molecular weight excluding hydrogens is 250 g/mol. The zero-order valence-corrected chi connectivity index (χ0v) is 11.9. The van der Waals surface area contributed by atoms with Crippen molar-refractivity contribution in [2.45, 2.75) is 26.7 Å². The van der Waals surface area contributed by atoms with E-state index in [-0.39, 0.29) is 0 Å². The van der Waals surface area contributed by atoms with Gasteiger partial charge in [-0.15, -0.1) is 0 Å². The third-order valence-electron chi connectivity index (χ3n) is 3.55. The second kappa shape index (κ2) is 6.33. The van der Waals surface area contributed by atoms with Crippen LogP contribution in [0.2, 0.25) is 0 Å². The summed E-state index contributed by atoms with van der Waals surface area (Å²) in [6.45, 7) is 8.00. The first-order valence-electron chi connectivity index (χ1n) is 6.73. The number of rotatable bonds is 3. The molecule has 1 aromatic carbocycles. The molecule has 2 rings (SSSR count). The summed E-state index contributed by atoms with van der Waals surface area (Å²) in [5.74, 6) is -0.0452. The van der Waals surface area contributed by atoms with E-state index in [1.165, 1.54) is 0 Å². The summed E-state index contributed by atoms with van der Waals surface area (Å²) in [5, 5.41) is 4.03. The predicted molar refractivity (Wildman–Crippen MR) is 80.6 cm³/mol. The molecule has 0 N–H and O–H groups in total. The summed E-state index contributed by atoms with van der Waals surface area (Å²) < 4.78 is 0. The molecule has 0 amide bonds. The predicted octanol–water partition coefficient (Wildman–Crippen LogP) is 4.13. The fourth-order valence-electron chi connectivity index (χ4n) is 2.12. The Hall–Kier alpha value is -2.16. The van der Waals surface area contributed by atoms with Crippen LogP contribution in [-0.2, 0) is 4.84 Å². The SMILES string of the molecule is C=C(C)C1CC=C(C)/C(=N/OC(=O)c2ccccc2)C1. The van der Waals surface area contributed by atoms with Crippen LogP contribution in [0.15, 0.2) is 59.3 Å². The Labute approximate surface area is 119 Å². The quantitative estimate of drug-likeness (QED) is 0.470. The Morgan fingerprint density at radius 3 is 2.70 bits per heavy atom. The first-order valence-corrected chi connectivity index (χ1v) is 6.73. The van der Waals surface area contributed by atoms with E-state index in [1.807, 2.05) is 19.9 Å². The van der Waals surface area contributed by atoms with Gasteiger partial charge in [0, 0.05) is 6.42 Å². The molecule has 1 unspecified atom stereocenters. The molecule has 0 fully saturated rings. The van der Waals surface area contributed by atoms with Crippen molar-refractivity contribution in [3.05, 3.63) is 59.7 Å². The van der Waals surface area contributed by atoms with E-state index in [2.05, 4.69) is 17.8 Å². The summed E-state index contributed by atoms with van der Waals surface area (Å²) in [6, 6.07) is 8.87. The highest BCUT2D eigenvalue weighted by Gasteiger charge is 2.19. The molecule has 1 aromatic rings. The van der Waals surface area contributed by atoms with Gasteiger partial charge in [-0.3, -0.25) is 0 Å². The molecule has 0 radical (unpaired) electrons. The van der Waals surface area contributed by atoms with Gasteiger partial charge in [0.15, 0.2) is 0 Å². The number of carbonyl (C=O) groups is 1. The van der Waals surface area contributed by atoms with Gasteiger partial charge in [-0.1, -0.05) is 41.6 Å². The summed E-state index contributed by atoms with van der Waals surface area (Å²) in [7, 11) is 0. The Morgan fingerprint density at radius 1 is 1.35 bits per heavy atom. The van der Waals surface area contributed by atoms with Gasteiger partial charge in [0.2, 0.25) is 0 Å². The van der Waals surface area contributed by atoms with Crippen LogP contribution < -0.4 is 0 Å². The number of hydrogen-bond donors (Lipinski definition) is 0. The van der Waals surface area contributed by atoms with Crippen LogP contribution >= 0.6 is 0 Å². The fourth-order valence-corrected chi connectivity index (χ4v) is 2.12. The summed E-state index contributed by atoms with van der Waals surface area (Å²) in [4.78, 5) is 16.9. The largest absolute Gasteiger partial charge is 0.365 e. The van der Waals surface area contributed by atoms with E-state index < -0.39 is 5.97 Å². The second-order valence-electron chi connectivity index (χ2n) is 5.15. The van der Waals surface area contributed by atoms with Gasteiger partial charge < -0.3 is 4.84 Å².